The Balaban J connectivity index is 2.32. The van der Waals surface area contributed by atoms with Crippen LogP contribution in [0.25, 0.3) is 5.78 Å². The highest BCUT2D eigenvalue weighted by atomic mass is 35.5. The molecule has 0 fully saturated rings. The van der Waals surface area contributed by atoms with Crippen molar-refractivity contribution in [2.45, 2.75) is 6.42 Å². The minimum absolute atomic E-state index is 0.233. The van der Waals surface area contributed by atoms with Crippen LogP contribution >= 0.6 is 11.6 Å². The molecular formula is C14H13ClN4O2. The van der Waals surface area contributed by atoms with E-state index >= 15 is 0 Å². The van der Waals surface area contributed by atoms with Crippen LogP contribution in [0, 0.1) is 0 Å². The van der Waals surface area contributed by atoms with Gasteiger partial charge in [-0.05, 0) is 5.56 Å². The summed E-state index contributed by atoms with van der Waals surface area (Å²) in [7, 11) is 3.00. The molecule has 108 valence electrons. The minimum Gasteiger partial charge on any atom is -0.266 e. The Hall–Kier alpha value is -2.34. The van der Waals surface area contributed by atoms with Gasteiger partial charge in [-0.2, -0.15) is 4.98 Å². The lowest BCUT2D eigenvalue weighted by atomic mass is 10.1. The first-order valence-electron chi connectivity index (χ1n) is 6.37. The van der Waals surface area contributed by atoms with Crippen LogP contribution in [0.1, 0.15) is 11.3 Å². The van der Waals surface area contributed by atoms with E-state index in [2.05, 4.69) is 4.98 Å². The van der Waals surface area contributed by atoms with Crippen molar-refractivity contribution >= 4 is 17.4 Å². The smallest absolute Gasteiger partial charge is 0.266 e. The molecule has 0 saturated heterocycles. The van der Waals surface area contributed by atoms with Crippen LogP contribution < -0.4 is 11.4 Å². The first kappa shape index (κ1) is 13.6. The molecule has 0 radical (unpaired) electrons. The van der Waals surface area contributed by atoms with Crippen molar-refractivity contribution in [2.24, 2.45) is 14.1 Å². The maximum absolute atomic E-state index is 12.3. The molecule has 1 aromatic carbocycles. The number of imidazole rings is 1. The first-order valence-corrected chi connectivity index (χ1v) is 6.75. The second-order valence-corrected chi connectivity index (χ2v) is 5.19. The summed E-state index contributed by atoms with van der Waals surface area (Å²) in [6, 6.07) is 9.65. The molecule has 0 saturated carbocycles. The Labute approximate surface area is 124 Å². The Morgan fingerprint density at radius 2 is 1.71 bits per heavy atom. The van der Waals surface area contributed by atoms with Crippen LogP contribution in [0.3, 0.4) is 0 Å². The van der Waals surface area contributed by atoms with Crippen LogP contribution in [0.15, 0.2) is 39.9 Å². The maximum atomic E-state index is 12.3. The van der Waals surface area contributed by atoms with E-state index in [0.29, 0.717) is 12.1 Å². The lowest BCUT2D eigenvalue weighted by molar-refractivity contribution is 0.642. The number of hydrogen-bond acceptors (Lipinski definition) is 3. The number of fused-ring (bicyclic) bond motifs is 1. The summed E-state index contributed by atoms with van der Waals surface area (Å²) in [5.74, 6) is 0.249. The summed E-state index contributed by atoms with van der Waals surface area (Å²) in [5.41, 5.74) is 0.713. The fraction of sp³-hybridized carbons (Fsp3) is 0.214. The number of hydrogen-bond donors (Lipinski definition) is 0. The summed E-state index contributed by atoms with van der Waals surface area (Å²) < 4.78 is 3.73. The van der Waals surface area contributed by atoms with Crippen molar-refractivity contribution < 1.29 is 0 Å². The molecule has 0 N–H and O–H groups in total. The fourth-order valence-corrected chi connectivity index (χ4v) is 2.55. The normalized spacial score (nSPS) is 11.2. The van der Waals surface area contributed by atoms with Crippen LogP contribution in [-0.2, 0) is 20.5 Å². The van der Waals surface area contributed by atoms with Crippen molar-refractivity contribution in [3.8, 4) is 0 Å². The zero-order valence-corrected chi connectivity index (χ0v) is 12.3. The van der Waals surface area contributed by atoms with Gasteiger partial charge in [0.2, 0.25) is 5.78 Å². The lowest BCUT2D eigenvalue weighted by Crippen LogP contribution is -2.41. The minimum atomic E-state index is -0.446. The van der Waals surface area contributed by atoms with Gasteiger partial charge in [0.05, 0.1) is 5.69 Å². The largest absolute Gasteiger partial charge is 0.339 e. The van der Waals surface area contributed by atoms with Gasteiger partial charge in [-0.15, -0.1) is 0 Å². The van der Waals surface area contributed by atoms with Crippen LogP contribution in [0.2, 0.25) is 5.15 Å². The SMILES string of the molecule is Cn1c(=O)n(C)c2nc(Cl)c(Cc3ccccc3)n2c1=O. The topological polar surface area (TPSA) is 61.3 Å². The number of aromatic nitrogens is 4. The van der Waals surface area contributed by atoms with E-state index in [4.69, 9.17) is 11.6 Å². The van der Waals surface area contributed by atoms with Gasteiger partial charge < -0.3 is 0 Å². The maximum Gasteiger partial charge on any atom is 0.339 e. The van der Waals surface area contributed by atoms with Crippen LogP contribution in [0.5, 0.6) is 0 Å². The molecule has 7 heteroatoms. The molecule has 0 spiro atoms. The van der Waals surface area contributed by atoms with Gasteiger partial charge in [-0.25, -0.2) is 18.6 Å². The number of aryl methyl sites for hydroxylation is 1. The third kappa shape index (κ3) is 2.08. The summed E-state index contributed by atoms with van der Waals surface area (Å²) in [6.45, 7) is 0. The van der Waals surface area contributed by atoms with Crippen molar-refractivity contribution in [3.63, 3.8) is 0 Å². The highest BCUT2D eigenvalue weighted by molar-refractivity contribution is 6.30. The second-order valence-electron chi connectivity index (χ2n) is 4.83. The van der Waals surface area contributed by atoms with Crippen molar-refractivity contribution in [2.75, 3.05) is 0 Å². The fourth-order valence-electron chi connectivity index (χ4n) is 2.32. The Morgan fingerprint density at radius 3 is 2.38 bits per heavy atom. The lowest BCUT2D eigenvalue weighted by Gasteiger charge is -2.06. The molecule has 0 bridgehead atoms. The van der Waals surface area contributed by atoms with E-state index in [9.17, 15) is 9.59 Å². The van der Waals surface area contributed by atoms with Crippen molar-refractivity contribution in [3.05, 3.63) is 67.7 Å². The molecule has 0 aliphatic carbocycles. The Bertz CT molecular complexity index is 937. The molecule has 0 atom stereocenters. The molecule has 0 unspecified atom stereocenters. The molecule has 0 aliphatic rings. The average molecular weight is 305 g/mol. The van der Waals surface area contributed by atoms with E-state index in [-0.39, 0.29) is 10.9 Å². The molecule has 6 nitrogen and oxygen atoms in total. The summed E-state index contributed by atoms with van der Waals surface area (Å²) in [4.78, 5) is 28.4. The quantitative estimate of drug-likeness (QED) is 0.709. The van der Waals surface area contributed by atoms with Gasteiger partial charge in [-0.3, -0.25) is 4.57 Å². The predicted molar refractivity (Wildman–Crippen MR) is 79.9 cm³/mol. The van der Waals surface area contributed by atoms with E-state index in [1.54, 1.807) is 7.05 Å². The van der Waals surface area contributed by atoms with Gasteiger partial charge in [0.1, 0.15) is 0 Å². The van der Waals surface area contributed by atoms with Crippen molar-refractivity contribution in [1.29, 1.82) is 0 Å². The predicted octanol–water partition coefficient (Wildman–Crippen LogP) is 0.976. The highest BCUT2D eigenvalue weighted by Crippen LogP contribution is 2.18. The monoisotopic (exact) mass is 304 g/mol. The zero-order valence-electron chi connectivity index (χ0n) is 11.6. The number of benzene rings is 1. The van der Waals surface area contributed by atoms with Gasteiger partial charge in [0.25, 0.3) is 0 Å². The Kier molecular flexibility index (Phi) is 3.17. The summed E-state index contributed by atoms with van der Waals surface area (Å²) in [5, 5.41) is 0.233. The zero-order chi connectivity index (χ0) is 15.1. The molecule has 0 amide bonds. The van der Waals surface area contributed by atoms with Crippen molar-refractivity contribution in [1.82, 2.24) is 18.5 Å². The van der Waals surface area contributed by atoms with E-state index in [1.807, 2.05) is 30.3 Å². The van der Waals surface area contributed by atoms with Crippen LogP contribution in [-0.4, -0.2) is 18.5 Å². The molecular weight excluding hydrogens is 292 g/mol. The third-order valence-corrected chi connectivity index (χ3v) is 3.78. The van der Waals surface area contributed by atoms with Gasteiger partial charge >= 0.3 is 11.4 Å². The molecule has 3 aromatic rings. The molecule has 2 heterocycles. The molecule has 0 aliphatic heterocycles. The van der Waals surface area contributed by atoms with Gasteiger partial charge in [0, 0.05) is 20.5 Å². The summed E-state index contributed by atoms with van der Waals surface area (Å²) >= 11 is 6.17. The van der Waals surface area contributed by atoms with E-state index in [1.165, 1.54) is 16.0 Å². The van der Waals surface area contributed by atoms with E-state index < -0.39 is 11.4 Å². The standard InChI is InChI=1S/C14H13ClN4O2/c1-17-12-16-11(15)10(8-9-6-4-3-5-7-9)19(12)14(21)18(2)13(17)20/h3-7H,8H2,1-2H3. The Morgan fingerprint density at radius 1 is 1.05 bits per heavy atom. The van der Waals surface area contributed by atoms with Gasteiger partial charge in [-0.1, -0.05) is 41.9 Å². The number of nitrogens with zero attached hydrogens (tertiary/aromatic N) is 4. The average Bonchev–Trinajstić information content (AvgIpc) is 2.81. The highest BCUT2D eigenvalue weighted by Gasteiger charge is 2.17. The molecule has 3 rings (SSSR count). The molecule has 2 aromatic heterocycles. The first-order chi connectivity index (χ1) is 10.0. The number of halogens is 1. The summed E-state index contributed by atoms with van der Waals surface area (Å²) in [6.07, 6.45) is 0.467. The van der Waals surface area contributed by atoms with Gasteiger partial charge in [0.15, 0.2) is 5.15 Å². The molecule has 21 heavy (non-hydrogen) atoms. The second kappa shape index (κ2) is 4.89. The van der Waals surface area contributed by atoms with Crippen LogP contribution in [0.4, 0.5) is 0 Å². The third-order valence-electron chi connectivity index (χ3n) is 3.47. The van der Waals surface area contributed by atoms with E-state index in [0.717, 1.165) is 10.1 Å². The number of rotatable bonds is 2.